The third kappa shape index (κ3) is 5.44. The van der Waals surface area contributed by atoms with E-state index in [4.69, 9.17) is 4.42 Å². The maximum atomic E-state index is 12.6. The van der Waals surface area contributed by atoms with Crippen LogP contribution in [0.5, 0.6) is 0 Å². The normalized spacial score (nSPS) is 11.4. The van der Waals surface area contributed by atoms with E-state index in [1.807, 2.05) is 0 Å². The lowest BCUT2D eigenvalue weighted by Crippen LogP contribution is -2.39. The summed E-state index contributed by atoms with van der Waals surface area (Å²) in [6.45, 7) is -1.52. The molecule has 0 fully saturated rings. The predicted octanol–water partition coefficient (Wildman–Crippen LogP) is 3.36. The van der Waals surface area contributed by atoms with Gasteiger partial charge >= 0.3 is 6.18 Å². The Morgan fingerprint density at radius 2 is 2.09 bits per heavy atom. The van der Waals surface area contributed by atoms with Crippen LogP contribution in [0.3, 0.4) is 0 Å². The summed E-state index contributed by atoms with van der Waals surface area (Å²) in [5, 5.41) is 0.584. The smallest absolute Gasteiger partial charge is 0.406 e. The zero-order valence-corrected chi connectivity index (χ0v) is 12.2. The van der Waals surface area contributed by atoms with Crippen LogP contribution in [0, 0.1) is 0 Å². The number of carbonyl (C=O) groups is 1. The summed E-state index contributed by atoms with van der Waals surface area (Å²) in [5.41, 5.74) is 0. The molecule has 118 valence electrons. The third-order valence-electron chi connectivity index (χ3n) is 2.63. The van der Waals surface area contributed by atoms with Gasteiger partial charge in [0, 0.05) is 6.20 Å². The van der Waals surface area contributed by atoms with E-state index in [9.17, 15) is 18.0 Å². The second-order valence-electron chi connectivity index (χ2n) is 4.40. The van der Waals surface area contributed by atoms with Gasteiger partial charge in [-0.2, -0.15) is 13.2 Å². The molecule has 1 amide bonds. The van der Waals surface area contributed by atoms with Crippen molar-refractivity contribution in [3.63, 3.8) is 0 Å². The summed E-state index contributed by atoms with van der Waals surface area (Å²) in [6.07, 6.45) is -1.55. The van der Waals surface area contributed by atoms with Crippen LogP contribution in [0.4, 0.5) is 13.2 Å². The number of carbonyl (C=O) groups excluding carboxylic acids is 1. The van der Waals surface area contributed by atoms with Crippen molar-refractivity contribution in [2.75, 3.05) is 12.3 Å². The molecule has 0 N–H and O–H groups in total. The number of furan rings is 1. The Morgan fingerprint density at radius 3 is 2.68 bits per heavy atom. The number of nitrogens with zero attached hydrogens (tertiary/aromatic N) is 2. The van der Waals surface area contributed by atoms with Crippen LogP contribution in [-0.2, 0) is 11.3 Å². The number of rotatable bonds is 6. The topological polar surface area (TPSA) is 46.3 Å². The van der Waals surface area contributed by atoms with Crippen LogP contribution < -0.4 is 0 Å². The molecular formula is C14H13F3N2O2S. The molecule has 2 rings (SSSR count). The minimum absolute atomic E-state index is 0.117. The second-order valence-corrected chi connectivity index (χ2v) is 5.40. The molecule has 8 heteroatoms. The molecule has 0 spiro atoms. The first-order valence-electron chi connectivity index (χ1n) is 6.35. The average Bonchev–Trinajstić information content (AvgIpc) is 2.97. The van der Waals surface area contributed by atoms with Gasteiger partial charge in [0.1, 0.15) is 12.3 Å². The minimum atomic E-state index is -4.46. The fourth-order valence-corrected chi connectivity index (χ4v) is 2.46. The Kier molecular flexibility index (Phi) is 5.48. The molecular weight excluding hydrogens is 317 g/mol. The molecule has 0 unspecified atom stereocenters. The summed E-state index contributed by atoms with van der Waals surface area (Å²) < 4.78 is 42.9. The van der Waals surface area contributed by atoms with E-state index in [1.165, 1.54) is 12.3 Å². The Morgan fingerprint density at radius 1 is 1.27 bits per heavy atom. The SMILES string of the molecule is O=C(CSc1ccccn1)N(Cc1ccco1)CC(F)(F)F. The molecule has 2 aromatic rings. The molecule has 22 heavy (non-hydrogen) atoms. The number of pyridine rings is 1. The van der Waals surface area contributed by atoms with Gasteiger partial charge in [-0.15, -0.1) is 0 Å². The largest absolute Gasteiger partial charge is 0.467 e. The molecule has 0 radical (unpaired) electrons. The number of amides is 1. The first-order chi connectivity index (χ1) is 10.4. The highest BCUT2D eigenvalue weighted by Crippen LogP contribution is 2.21. The first-order valence-corrected chi connectivity index (χ1v) is 7.33. The number of aromatic nitrogens is 1. The van der Waals surface area contributed by atoms with E-state index in [-0.39, 0.29) is 12.3 Å². The van der Waals surface area contributed by atoms with Crippen molar-refractivity contribution >= 4 is 17.7 Å². The van der Waals surface area contributed by atoms with E-state index in [2.05, 4.69) is 4.98 Å². The number of thioether (sulfide) groups is 1. The zero-order chi connectivity index (χ0) is 16.0. The molecule has 2 aromatic heterocycles. The molecule has 0 atom stereocenters. The highest BCUT2D eigenvalue weighted by atomic mass is 32.2. The summed E-state index contributed by atoms with van der Waals surface area (Å²) in [4.78, 5) is 16.8. The number of alkyl halides is 3. The Labute approximate surface area is 129 Å². The fraction of sp³-hybridized carbons (Fsp3) is 0.286. The first kappa shape index (κ1) is 16.4. The van der Waals surface area contributed by atoms with Gasteiger partial charge in [0.05, 0.1) is 23.6 Å². The highest BCUT2D eigenvalue weighted by molar-refractivity contribution is 7.99. The van der Waals surface area contributed by atoms with Crippen LogP contribution in [0.1, 0.15) is 5.76 Å². The fourth-order valence-electron chi connectivity index (χ4n) is 1.70. The lowest BCUT2D eigenvalue weighted by atomic mass is 10.3. The van der Waals surface area contributed by atoms with Crippen molar-refractivity contribution in [1.29, 1.82) is 0 Å². The predicted molar refractivity (Wildman–Crippen MR) is 75.1 cm³/mol. The van der Waals surface area contributed by atoms with E-state index in [0.29, 0.717) is 10.8 Å². The van der Waals surface area contributed by atoms with Gasteiger partial charge < -0.3 is 9.32 Å². The standard InChI is InChI=1S/C14H13F3N2O2S/c15-14(16,17)10-19(8-11-4-3-7-21-11)13(20)9-22-12-5-1-2-6-18-12/h1-7H,8-10H2. The van der Waals surface area contributed by atoms with Crippen LogP contribution in [-0.4, -0.2) is 34.3 Å². The highest BCUT2D eigenvalue weighted by Gasteiger charge is 2.33. The molecule has 0 saturated heterocycles. The lowest BCUT2D eigenvalue weighted by molar-refractivity contribution is -0.161. The summed E-state index contributed by atoms with van der Waals surface area (Å²) in [5.74, 6) is -0.432. The summed E-state index contributed by atoms with van der Waals surface area (Å²) in [6, 6.07) is 8.25. The van der Waals surface area contributed by atoms with Crippen LogP contribution in [0.25, 0.3) is 0 Å². The van der Waals surface area contributed by atoms with Gasteiger partial charge in [0.2, 0.25) is 5.91 Å². The van der Waals surface area contributed by atoms with Gasteiger partial charge in [-0.3, -0.25) is 4.79 Å². The monoisotopic (exact) mass is 330 g/mol. The maximum Gasteiger partial charge on any atom is 0.406 e. The molecule has 0 aliphatic carbocycles. The van der Waals surface area contributed by atoms with Crippen molar-refractivity contribution in [3.8, 4) is 0 Å². The van der Waals surface area contributed by atoms with Crippen LogP contribution >= 0.6 is 11.8 Å². The maximum absolute atomic E-state index is 12.6. The minimum Gasteiger partial charge on any atom is -0.467 e. The van der Waals surface area contributed by atoms with Gasteiger partial charge in [-0.1, -0.05) is 17.8 Å². The van der Waals surface area contributed by atoms with Crippen molar-refractivity contribution < 1.29 is 22.4 Å². The molecule has 0 aromatic carbocycles. The molecule has 0 bridgehead atoms. The van der Waals surface area contributed by atoms with Crippen LogP contribution in [0.15, 0.2) is 52.2 Å². The van der Waals surface area contributed by atoms with Crippen molar-refractivity contribution in [2.45, 2.75) is 17.7 Å². The van der Waals surface area contributed by atoms with Crippen LogP contribution in [0.2, 0.25) is 0 Å². The Bertz CT molecular complexity index is 588. The molecule has 0 aliphatic rings. The molecule has 4 nitrogen and oxygen atoms in total. The lowest BCUT2D eigenvalue weighted by Gasteiger charge is -2.22. The van der Waals surface area contributed by atoms with Gasteiger partial charge in [-0.05, 0) is 24.3 Å². The molecule has 0 saturated carbocycles. The number of hydrogen-bond donors (Lipinski definition) is 0. The number of halogens is 3. The molecule has 0 aliphatic heterocycles. The molecule has 2 heterocycles. The van der Waals surface area contributed by atoms with E-state index in [1.54, 1.807) is 30.5 Å². The Hall–Kier alpha value is -1.96. The van der Waals surface area contributed by atoms with E-state index < -0.39 is 18.6 Å². The Balaban J connectivity index is 1.98. The van der Waals surface area contributed by atoms with Gasteiger partial charge in [0.25, 0.3) is 0 Å². The van der Waals surface area contributed by atoms with E-state index >= 15 is 0 Å². The van der Waals surface area contributed by atoms with Crippen molar-refractivity contribution in [3.05, 3.63) is 48.6 Å². The van der Waals surface area contributed by atoms with Crippen molar-refractivity contribution in [2.24, 2.45) is 0 Å². The zero-order valence-electron chi connectivity index (χ0n) is 11.4. The second kappa shape index (κ2) is 7.35. The average molecular weight is 330 g/mol. The summed E-state index contributed by atoms with van der Waals surface area (Å²) >= 11 is 1.10. The third-order valence-corrected chi connectivity index (χ3v) is 3.56. The van der Waals surface area contributed by atoms with E-state index in [0.717, 1.165) is 16.7 Å². The number of hydrogen-bond acceptors (Lipinski definition) is 4. The summed E-state index contributed by atoms with van der Waals surface area (Å²) in [7, 11) is 0. The van der Waals surface area contributed by atoms with Gasteiger partial charge in [0.15, 0.2) is 0 Å². The quantitative estimate of drug-likeness (QED) is 0.762. The van der Waals surface area contributed by atoms with Gasteiger partial charge in [-0.25, -0.2) is 4.98 Å². The van der Waals surface area contributed by atoms with Crippen molar-refractivity contribution in [1.82, 2.24) is 9.88 Å².